The minimum absolute atomic E-state index is 0.0438. The van der Waals surface area contributed by atoms with Crippen LogP contribution in [0, 0.1) is 0 Å². The van der Waals surface area contributed by atoms with Crippen LogP contribution in [0.1, 0.15) is 55.8 Å². The average Bonchev–Trinajstić information content (AvgIpc) is 3.66. The molecule has 0 aliphatic heterocycles. The number of nitrogens with zero attached hydrogens (tertiary/aromatic N) is 5. The van der Waals surface area contributed by atoms with E-state index in [1.807, 2.05) is 6.92 Å². The van der Waals surface area contributed by atoms with Gasteiger partial charge in [0, 0.05) is 31.0 Å². The van der Waals surface area contributed by atoms with Crippen molar-refractivity contribution in [2.75, 3.05) is 23.9 Å². The monoisotopic (exact) mass is 558 g/mol. The van der Waals surface area contributed by atoms with Crippen molar-refractivity contribution in [3.8, 4) is 11.4 Å². The molecule has 0 radical (unpaired) electrons. The Labute approximate surface area is 225 Å². The van der Waals surface area contributed by atoms with Gasteiger partial charge in [-0.3, -0.25) is 4.79 Å². The number of nitrogens with one attached hydrogen (secondary N) is 3. The largest absolute Gasteiger partial charge is 0.390 e. The van der Waals surface area contributed by atoms with Gasteiger partial charge in [0.1, 0.15) is 18.3 Å². The molecule has 2 saturated carbocycles. The number of carbonyl (C=O) groups is 1. The first-order valence-electron chi connectivity index (χ1n) is 12.9. The van der Waals surface area contributed by atoms with Crippen LogP contribution in [0.2, 0.25) is 0 Å². The highest BCUT2D eigenvalue weighted by Crippen LogP contribution is 2.32. The number of hydrogen-bond donors (Lipinski definition) is 4. The maximum absolute atomic E-state index is 12.7. The van der Waals surface area contributed by atoms with Crippen LogP contribution in [-0.2, 0) is 10.0 Å². The van der Waals surface area contributed by atoms with Gasteiger partial charge in [0.15, 0.2) is 5.82 Å². The molecule has 1 amide bonds. The summed E-state index contributed by atoms with van der Waals surface area (Å²) in [7, 11) is -3.50. The summed E-state index contributed by atoms with van der Waals surface area (Å²) < 4.78 is 38.5. The summed E-state index contributed by atoms with van der Waals surface area (Å²) in [5.74, 6) is 0.644. The molecule has 39 heavy (non-hydrogen) atoms. The second kappa shape index (κ2) is 10.8. The molecule has 2 aliphatic carbocycles. The summed E-state index contributed by atoms with van der Waals surface area (Å²) in [6.07, 6.45) is 9.73. The van der Waals surface area contributed by atoms with Gasteiger partial charge in [-0.05, 0) is 51.5 Å². The Balaban J connectivity index is 1.36. The molecule has 0 bridgehead atoms. The van der Waals surface area contributed by atoms with Gasteiger partial charge in [0.05, 0.1) is 40.1 Å². The molecule has 2 fully saturated rings. The Morgan fingerprint density at radius 3 is 2.67 bits per heavy atom. The zero-order chi connectivity index (χ0) is 27.6. The molecule has 0 aromatic carbocycles. The smallest absolute Gasteiger partial charge is 0.256 e. The van der Waals surface area contributed by atoms with Crippen molar-refractivity contribution in [1.82, 2.24) is 29.5 Å². The van der Waals surface area contributed by atoms with Gasteiger partial charge < -0.3 is 21.1 Å². The van der Waals surface area contributed by atoms with Gasteiger partial charge in [0.25, 0.3) is 15.9 Å². The minimum Gasteiger partial charge on any atom is -0.390 e. The SMILES string of the molecule is CC1(O)CCC(Nc2cc(Nc3ccnc(-c4cnn(S(=O)(=O)C5CC5)c4)n3)ncc2C(=O)NCCF)CC1. The van der Waals surface area contributed by atoms with Gasteiger partial charge in [-0.2, -0.15) is 9.19 Å². The standard InChI is InChI=1S/C25H31FN8O4S/c1-25(36)7-4-17(5-8-25)31-20-12-22(29-14-19(20)24(35)28-11-9-26)32-21-6-10-27-23(33-21)16-13-30-34(15-16)39(37,38)18-2-3-18/h6,10,12-15,17-18,36H,2-5,7-9,11H2,1H3,(H,28,35)(H2,27,29,31,32,33). The van der Waals surface area contributed by atoms with Gasteiger partial charge in [0.2, 0.25) is 0 Å². The zero-order valence-corrected chi connectivity index (χ0v) is 22.3. The number of anilines is 3. The highest BCUT2D eigenvalue weighted by atomic mass is 32.2. The topological polar surface area (TPSA) is 164 Å². The van der Waals surface area contributed by atoms with E-state index in [-0.39, 0.29) is 24.0 Å². The third-order valence-electron chi connectivity index (χ3n) is 6.89. The van der Waals surface area contributed by atoms with Crippen LogP contribution in [0.4, 0.5) is 21.7 Å². The van der Waals surface area contributed by atoms with Crippen LogP contribution in [0.25, 0.3) is 11.4 Å². The predicted octanol–water partition coefficient (Wildman–Crippen LogP) is 2.62. The number of halogens is 1. The number of carbonyl (C=O) groups excluding carboxylic acids is 1. The van der Waals surface area contributed by atoms with Crippen molar-refractivity contribution in [2.45, 2.75) is 62.3 Å². The molecule has 3 aromatic rings. The summed E-state index contributed by atoms with van der Waals surface area (Å²) in [5.41, 5.74) is 0.551. The van der Waals surface area contributed by atoms with Gasteiger partial charge in [-0.1, -0.05) is 0 Å². The maximum Gasteiger partial charge on any atom is 0.256 e. The van der Waals surface area contributed by atoms with Gasteiger partial charge in [-0.25, -0.2) is 27.8 Å². The average molecular weight is 559 g/mol. The third-order valence-corrected chi connectivity index (χ3v) is 8.92. The van der Waals surface area contributed by atoms with E-state index in [0.29, 0.717) is 48.6 Å². The lowest BCUT2D eigenvalue weighted by molar-refractivity contribution is 0.0196. The van der Waals surface area contributed by atoms with Crippen molar-refractivity contribution in [2.24, 2.45) is 0 Å². The molecule has 5 rings (SSSR count). The molecule has 0 saturated heterocycles. The second-order valence-electron chi connectivity index (χ2n) is 10.2. The number of amides is 1. The summed E-state index contributed by atoms with van der Waals surface area (Å²) in [6, 6.07) is 3.36. The molecule has 14 heteroatoms. The van der Waals surface area contributed by atoms with Gasteiger partial charge >= 0.3 is 0 Å². The van der Waals surface area contributed by atoms with Crippen LogP contribution < -0.4 is 16.0 Å². The fraction of sp³-hybridized carbons (Fsp3) is 0.480. The van der Waals surface area contributed by atoms with Crippen molar-refractivity contribution in [3.63, 3.8) is 0 Å². The Hall–Kier alpha value is -3.65. The summed E-state index contributed by atoms with van der Waals surface area (Å²) in [5, 5.41) is 22.9. The van der Waals surface area contributed by atoms with Crippen LogP contribution in [0.3, 0.4) is 0 Å². The van der Waals surface area contributed by atoms with Crippen molar-refractivity contribution < 1.29 is 22.7 Å². The number of pyridine rings is 1. The first-order valence-corrected chi connectivity index (χ1v) is 14.4. The number of aliphatic hydroxyl groups is 1. The molecule has 12 nitrogen and oxygen atoms in total. The fourth-order valence-corrected chi connectivity index (χ4v) is 5.94. The van der Waals surface area contributed by atoms with Crippen LogP contribution >= 0.6 is 0 Å². The Morgan fingerprint density at radius 2 is 1.95 bits per heavy atom. The molecule has 0 atom stereocenters. The highest BCUT2D eigenvalue weighted by Gasteiger charge is 2.37. The normalized spacial score (nSPS) is 21.4. The van der Waals surface area contributed by atoms with Crippen LogP contribution in [0.5, 0.6) is 0 Å². The van der Waals surface area contributed by atoms with E-state index in [0.717, 1.165) is 16.9 Å². The Morgan fingerprint density at radius 1 is 1.18 bits per heavy atom. The van der Waals surface area contributed by atoms with Crippen LogP contribution in [-0.4, -0.2) is 73.7 Å². The van der Waals surface area contributed by atoms with Crippen molar-refractivity contribution in [1.29, 1.82) is 0 Å². The minimum atomic E-state index is -3.50. The van der Waals surface area contributed by atoms with Crippen molar-refractivity contribution in [3.05, 3.63) is 42.5 Å². The highest BCUT2D eigenvalue weighted by molar-refractivity contribution is 7.90. The van der Waals surface area contributed by atoms with E-state index in [1.54, 1.807) is 12.1 Å². The van der Waals surface area contributed by atoms with Gasteiger partial charge in [-0.15, -0.1) is 0 Å². The third kappa shape index (κ3) is 6.33. The lowest BCUT2D eigenvalue weighted by atomic mass is 9.83. The summed E-state index contributed by atoms with van der Waals surface area (Å²) in [4.78, 5) is 25.7. The fourth-order valence-electron chi connectivity index (χ4n) is 4.46. The molecule has 3 aromatic heterocycles. The molecular formula is C25H31FN8O4S. The number of hydrogen-bond acceptors (Lipinski definition) is 10. The predicted molar refractivity (Wildman–Crippen MR) is 143 cm³/mol. The number of aromatic nitrogens is 5. The Kier molecular flexibility index (Phi) is 7.49. The first-order chi connectivity index (χ1) is 18.6. The lowest BCUT2D eigenvalue weighted by Gasteiger charge is -2.34. The van der Waals surface area contributed by atoms with E-state index < -0.39 is 33.5 Å². The summed E-state index contributed by atoms with van der Waals surface area (Å²) >= 11 is 0. The van der Waals surface area contributed by atoms with E-state index in [9.17, 15) is 22.7 Å². The first kappa shape index (κ1) is 26.9. The van der Waals surface area contributed by atoms with E-state index in [4.69, 9.17) is 0 Å². The molecule has 2 aliphatic rings. The van der Waals surface area contributed by atoms with E-state index >= 15 is 0 Å². The number of alkyl halides is 1. The lowest BCUT2D eigenvalue weighted by Crippen LogP contribution is -2.36. The Bertz CT molecular complexity index is 1450. The molecule has 208 valence electrons. The quantitative estimate of drug-likeness (QED) is 0.291. The summed E-state index contributed by atoms with van der Waals surface area (Å²) in [6.45, 7) is 1.04. The number of rotatable bonds is 10. The second-order valence-corrected chi connectivity index (χ2v) is 12.3. The van der Waals surface area contributed by atoms with Crippen molar-refractivity contribution >= 4 is 33.3 Å². The van der Waals surface area contributed by atoms with E-state index in [1.165, 1.54) is 24.8 Å². The molecule has 0 unspecified atom stereocenters. The molecule has 0 spiro atoms. The maximum atomic E-state index is 12.7. The van der Waals surface area contributed by atoms with E-state index in [2.05, 4.69) is 36.0 Å². The zero-order valence-electron chi connectivity index (χ0n) is 21.5. The molecular weight excluding hydrogens is 527 g/mol. The molecule has 4 N–H and O–H groups in total. The molecule has 3 heterocycles. The van der Waals surface area contributed by atoms with Crippen LogP contribution in [0.15, 0.2) is 36.9 Å².